The Morgan fingerprint density at radius 3 is 2.90 bits per heavy atom. The third-order valence-corrected chi connectivity index (χ3v) is 3.39. The Balaban J connectivity index is 1.64. The lowest BCUT2D eigenvalue weighted by Crippen LogP contribution is -2.44. The third kappa shape index (κ3) is 3.22. The van der Waals surface area contributed by atoms with Crippen LogP contribution in [0.5, 0.6) is 0 Å². The van der Waals surface area contributed by atoms with E-state index in [9.17, 15) is 4.79 Å². The highest BCUT2D eigenvalue weighted by Crippen LogP contribution is 2.22. The summed E-state index contributed by atoms with van der Waals surface area (Å²) in [6.07, 6.45) is -0.0928. The molecule has 1 aliphatic heterocycles. The van der Waals surface area contributed by atoms with Gasteiger partial charge in [-0.3, -0.25) is 5.32 Å². The van der Waals surface area contributed by atoms with E-state index in [2.05, 4.69) is 10.5 Å². The van der Waals surface area contributed by atoms with Gasteiger partial charge in [0.25, 0.3) is 0 Å². The van der Waals surface area contributed by atoms with Gasteiger partial charge in [-0.1, -0.05) is 35.5 Å². The van der Waals surface area contributed by atoms with Crippen LogP contribution in [0.4, 0.5) is 10.6 Å². The molecule has 1 unspecified atom stereocenters. The molecule has 110 valence electrons. The smallest absolute Gasteiger partial charge is 0.323 e. The number of nitrogens with zero attached hydrogens (tertiary/aromatic N) is 2. The van der Waals surface area contributed by atoms with Gasteiger partial charge in [0.2, 0.25) is 0 Å². The minimum Gasteiger partial charge on any atom is -0.370 e. The van der Waals surface area contributed by atoms with E-state index < -0.39 is 0 Å². The first-order valence-corrected chi connectivity index (χ1v) is 6.88. The molecule has 0 bridgehead atoms. The Labute approximate surface area is 122 Å². The lowest BCUT2D eigenvalue weighted by atomic mass is 10.1. The molecule has 6 heteroatoms. The summed E-state index contributed by atoms with van der Waals surface area (Å²) in [5.41, 5.74) is 1.08. The van der Waals surface area contributed by atoms with Gasteiger partial charge in [0.15, 0.2) is 5.82 Å². The number of morpholine rings is 1. The van der Waals surface area contributed by atoms with Crippen molar-refractivity contribution in [3.63, 3.8) is 0 Å². The Bertz CT molecular complexity index is 612. The summed E-state index contributed by atoms with van der Waals surface area (Å²) in [6, 6.07) is 11.4. The fourth-order valence-corrected chi connectivity index (χ4v) is 2.32. The Morgan fingerprint density at radius 1 is 1.38 bits per heavy atom. The summed E-state index contributed by atoms with van der Waals surface area (Å²) in [7, 11) is 0. The second-order valence-corrected chi connectivity index (χ2v) is 4.97. The van der Waals surface area contributed by atoms with Crippen LogP contribution >= 0.6 is 0 Å². The summed E-state index contributed by atoms with van der Waals surface area (Å²) < 4.78 is 10.7. The maximum Gasteiger partial charge on any atom is 0.323 e. The van der Waals surface area contributed by atoms with Crippen LogP contribution in [0.1, 0.15) is 17.4 Å². The van der Waals surface area contributed by atoms with Crippen LogP contribution in [0.15, 0.2) is 40.9 Å². The molecule has 2 aromatic rings. The predicted molar refractivity (Wildman–Crippen MR) is 77.0 cm³/mol. The van der Waals surface area contributed by atoms with Gasteiger partial charge in [-0.2, -0.15) is 0 Å². The molecule has 1 atom stereocenters. The first-order chi connectivity index (χ1) is 10.2. The van der Waals surface area contributed by atoms with Crippen molar-refractivity contribution >= 4 is 11.8 Å². The molecular weight excluding hydrogens is 270 g/mol. The van der Waals surface area contributed by atoms with E-state index in [-0.39, 0.29) is 12.1 Å². The molecule has 1 saturated heterocycles. The minimum absolute atomic E-state index is 0.0928. The van der Waals surface area contributed by atoms with Gasteiger partial charge in [-0.15, -0.1) is 0 Å². The lowest BCUT2D eigenvalue weighted by molar-refractivity contribution is -0.0135. The van der Waals surface area contributed by atoms with Crippen LogP contribution in [0.2, 0.25) is 0 Å². The summed E-state index contributed by atoms with van der Waals surface area (Å²) in [4.78, 5) is 14.0. The number of hydrogen-bond acceptors (Lipinski definition) is 4. The van der Waals surface area contributed by atoms with Crippen molar-refractivity contribution in [2.75, 3.05) is 25.0 Å². The molecule has 1 fully saturated rings. The fourth-order valence-electron chi connectivity index (χ4n) is 2.32. The zero-order valence-corrected chi connectivity index (χ0v) is 11.8. The number of anilines is 1. The topological polar surface area (TPSA) is 67.6 Å². The molecule has 1 N–H and O–H groups in total. The second-order valence-electron chi connectivity index (χ2n) is 4.97. The molecule has 2 amide bonds. The Morgan fingerprint density at radius 2 is 2.19 bits per heavy atom. The molecule has 6 nitrogen and oxygen atoms in total. The standard InChI is InChI=1S/C15H17N3O3/c1-11-9-14(17-21-11)16-15(19)18-7-8-20-13(10-18)12-5-3-2-4-6-12/h2-6,9,13H,7-8,10H2,1H3,(H,16,17,19). The van der Waals surface area contributed by atoms with E-state index in [1.165, 1.54) is 0 Å². The summed E-state index contributed by atoms with van der Waals surface area (Å²) in [5, 5.41) is 6.49. The van der Waals surface area contributed by atoms with E-state index in [0.717, 1.165) is 5.56 Å². The van der Waals surface area contributed by atoms with Crippen LogP contribution in [0, 0.1) is 6.92 Å². The normalized spacial score (nSPS) is 18.5. The van der Waals surface area contributed by atoms with E-state index in [0.29, 0.717) is 31.3 Å². The number of hydrogen-bond donors (Lipinski definition) is 1. The summed E-state index contributed by atoms with van der Waals surface area (Å²) in [5.74, 6) is 1.09. The van der Waals surface area contributed by atoms with Crippen molar-refractivity contribution in [2.24, 2.45) is 0 Å². The monoisotopic (exact) mass is 287 g/mol. The predicted octanol–water partition coefficient (Wildman–Crippen LogP) is 2.59. The van der Waals surface area contributed by atoms with Crippen LogP contribution in [0.3, 0.4) is 0 Å². The maximum absolute atomic E-state index is 12.2. The molecule has 3 rings (SSSR count). The number of carbonyl (C=O) groups excluding carboxylic acids is 1. The van der Waals surface area contributed by atoms with Crippen LogP contribution < -0.4 is 5.32 Å². The number of carbonyl (C=O) groups is 1. The van der Waals surface area contributed by atoms with E-state index in [1.807, 2.05) is 30.3 Å². The van der Waals surface area contributed by atoms with Gasteiger partial charge in [-0.05, 0) is 12.5 Å². The van der Waals surface area contributed by atoms with Gasteiger partial charge in [-0.25, -0.2) is 4.79 Å². The average Bonchev–Trinajstić information content (AvgIpc) is 2.93. The number of ether oxygens (including phenoxy) is 1. The van der Waals surface area contributed by atoms with Gasteiger partial charge in [0.05, 0.1) is 13.2 Å². The SMILES string of the molecule is Cc1cc(NC(=O)N2CCOC(c3ccccc3)C2)no1. The van der Waals surface area contributed by atoms with Gasteiger partial charge in [0.1, 0.15) is 11.9 Å². The van der Waals surface area contributed by atoms with Crippen LogP contribution in [0.25, 0.3) is 0 Å². The Kier molecular flexibility index (Phi) is 3.87. The number of amides is 2. The van der Waals surface area contributed by atoms with E-state index in [4.69, 9.17) is 9.26 Å². The number of urea groups is 1. The molecule has 1 aliphatic rings. The highest BCUT2D eigenvalue weighted by Gasteiger charge is 2.25. The second kappa shape index (κ2) is 5.97. The molecule has 1 aromatic heterocycles. The van der Waals surface area contributed by atoms with Crippen molar-refractivity contribution in [2.45, 2.75) is 13.0 Å². The molecule has 2 heterocycles. The maximum atomic E-state index is 12.2. The molecule has 0 saturated carbocycles. The van der Waals surface area contributed by atoms with Crippen molar-refractivity contribution in [3.8, 4) is 0 Å². The molecule has 21 heavy (non-hydrogen) atoms. The van der Waals surface area contributed by atoms with Crippen molar-refractivity contribution < 1.29 is 14.1 Å². The zero-order valence-electron chi connectivity index (χ0n) is 11.8. The highest BCUT2D eigenvalue weighted by atomic mass is 16.5. The zero-order chi connectivity index (χ0) is 14.7. The third-order valence-electron chi connectivity index (χ3n) is 3.39. The van der Waals surface area contributed by atoms with E-state index >= 15 is 0 Å². The highest BCUT2D eigenvalue weighted by molar-refractivity contribution is 5.88. The average molecular weight is 287 g/mol. The molecule has 0 radical (unpaired) electrons. The number of benzene rings is 1. The number of aryl methyl sites for hydroxylation is 1. The quantitative estimate of drug-likeness (QED) is 0.922. The van der Waals surface area contributed by atoms with Gasteiger partial charge < -0.3 is 14.2 Å². The first kappa shape index (κ1) is 13.6. The molecule has 0 spiro atoms. The summed E-state index contributed by atoms with van der Waals surface area (Å²) >= 11 is 0. The fraction of sp³-hybridized carbons (Fsp3) is 0.333. The van der Waals surface area contributed by atoms with Crippen molar-refractivity contribution in [1.29, 1.82) is 0 Å². The largest absolute Gasteiger partial charge is 0.370 e. The van der Waals surface area contributed by atoms with Crippen LogP contribution in [-0.2, 0) is 4.74 Å². The van der Waals surface area contributed by atoms with Crippen LogP contribution in [-0.4, -0.2) is 35.8 Å². The van der Waals surface area contributed by atoms with Crippen molar-refractivity contribution in [1.82, 2.24) is 10.1 Å². The minimum atomic E-state index is -0.187. The summed E-state index contributed by atoms with van der Waals surface area (Å²) in [6.45, 7) is 3.38. The molecule has 1 aromatic carbocycles. The van der Waals surface area contributed by atoms with Gasteiger partial charge in [0, 0.05) is 12.6 Å². The lowest BCUT2D eigenvalue weighted by Gasteiger charge is -2.32. The van der Waals surface area contributed by atoms with Crippen molar-refractivity contribution in [3.05, 3.63) is 47.7 Å². The first-order valence-electron chi connectivity index (χ1n) is 6.88. The molecular formula is C15H17N3O3. The van der Waals surface area contributed by atoms with E-state index in [1.54, 1.807) is 17.9 Å². The number of rotatable bonds is 2. The molecule has 0 aliphatic carbocycles. The van der Waals surface area contributed by atoms with Gasteiger partial charge >= 0.3 is 6.03 Å². The number of aromatic nitrogens is 1. The number of nitrogens with one attached hydrogen (secondary N) is 1. The Hall–Kier alpha value is -2.34.